The maximum Gasteiger partial charge on any atom is 0.0828 e. The van der Waals surface area contributed by atoms with Gasteiger partial charge < -0.3 is 20.1 Å². The summed E-state index contributed by atoms with van der Waals surface area (Å²) in [5.74, 6) is 0. The number of nitrogens with two attached hydrogens (primary N) is 1. The van der Waals surface area contributed by atoms with Crippen LogP contribution in [0.1, 0.15) is 39.5 Å². The Morgan fingerprint density at radius 2 is 1.89 bits per heavy atom. The van der Waals surface area contributed by atoms with E-state index in [0.29, 0.717) is 6.54 Å². The second-order valence-electron chi connectivity index (χ2n) is 5.13. The Labute approximate surface area is 112 Å². The van der Waals surface area contributed by atoms with E-state index in [0.717, 1.165) is 52.3 Å². The molecule has 4 nitrogen and oxygen atoms in total. The van der Waals surface area contributed by atoms with Crippen LogP contribution >= 0.6 is 0 Å². The molecule has 4 heteroatoms. The molecule has 0 saturated carbocycles. The lowest BCUT2D eigenvalue weighted by Gasteiger charge is -2.40. The molecular weight excluding hydrogens is 228 g/mol. The highest BCUT2D eigenvalue weighted by Crippen LogP contribution is 2.25. The van der Waals surface area contributed by atoms with Crippen molar-refractivity contribution >= 4 is 0 Å². The smallest absolute Gasteiger partial charge is 0.0828 e. The fourth-order valence-electron chi connectivity index (χ4n) is 2.44. The van der Waals surface area contributed by atoms with Crippen LogP contribution < -0.4 is 5.73 Å². The largest absolute Gasteiger partial charge is 0.380 e. The van der Waals surface area contributed by atoms with Crippen molar-refractivity contribution < 1.29 is 9.47 Å². The molecule has 0 amide bonds. The molecule has 1 aliphatic heterocycles. The van der Waals surface area contributed by atoms with Crippen LogP contribution in [0.4, 0.5) is 0 Å². The molecule has 1 aliphatic rings. The molecule has 0 unspecified atom stereocenters. The molecular formula is C14H30N2O2. The summed E-state index contributed by atoms with van der Waals surface area (Å²) in [4.78, 5) is 2.46. The van der Waals surface area contributed by atoms with E-state index in [-0.39, 0.29) is 5.60 Å². The highest BCUT2D eigenvalue weighted by Gasteiger charge is 2.33. The average molecular weight is 258 g/mol. The zero-order chi connectivity index (χ0) is 13.3. The Hall–Kier alpha value is -0.160. The summed E-state index contributed by atoms with van der Waals surface area (Å²) < 4.78 is 11.4. The summed E-state index contributed by atoms with van der Waals surface area (Å²) in [7, 11) is 0. The Kier molecular flexibility index (Phi) is 7.82. The SMILES string of the molecule is CCCCOCCN1CCC(CN)(OCC)CC1. The van der Waals surface area contributed by atoms with Crippen molar-refractivity contribution in [3.8, 4) is 0 Å². The second-order valence-corrected chi connectivity index (χ2v) is 5.13. The predicted molar refractivity (Wildman–Crippen MR) is 74.8 cm³/mol. The fourth-order valence-corrected chi connectivity index (χ4v) is 2.44. The van der Waals surface area contributed by atoms with Gasteiger partial charge in [-0.25, -0.2) is 0 Å². The summed E-state index contributed by atoms with van der Waals surface area (Å²) >= 11 is 0. The third kappa shape index (κ3) is 5.22. The highest BCUT2D eigenvalue weighted by molar-refractivity contribution is 4.88. The first-order valence-electron chi connectivity index (χ1n) is 7.40. The van der Waals surface area contributed by atoms with Gasteiger partial charge in [0.15, 0.2) is 0 Å². The molecule has 0 aromatic carbocycles. The molecule has 1 rings (SSSR count). The van der Waals surface area contributed by atoms with Crippen LogP contribution in [-0.2, 0) is 9.47 Å². The van der Waals surface area contributed by atoms with E-state index in [1.54, 1.807) is 0 Å². The van der Waals surface area contributed by atoms with Crippen LogP contribution in [0.5, 0.6) is 0 Å². The lowest BCUT2D eigenvalue weighted by Crippen LogP contribution is -2.51. The Balaban J connectivity index is 2.14. The van der Waals surface area contributed by atoms with Gasteiger partial charge >= 0.3 is 0 Å². The lowest BCUT2D eigenvalue weighted by atomic mass is 9.91. The van der Waals surface area contributed by atoms with Crippen LogP contribution in [0.2, 0.25) is 0 Å². The van der Waals surface area contributed by atoms with Gasteiger partial charge in [0.05, 0.1) is 12.2 Å². The summed E-state index contributed by atoms with van der Waals surface area (Å²) in [6, 6.07) is 0. The molecule has 1 fully saturated rings. The number of unbranched alkanes of at least 4 members (excludes halogenated alkanes) is 1. The van der Waals surface area contributed by atoms with E-state index in [1.165, 1.54) is 12.8 Å². The summed E-state index contributed by atoms with van der Waals surface area (Å²) in [6.45, 7) is 10.6. The number of rotatable bonds is 9. The maximum absolute atomic E-state index is 5.86. The lowest BCUT2D eigenvalue weighted by molar-refractivity contribution is -0.0746. The first-order chi connectivity index (χ1) is 8.76. The van der Waals surface area contributed by atoms with E-state index in [9.17, 15) is 0 Å². The van der Waals surface area contributed by atoms with Gasteiger partial charge in [0, 0.05) is 39.4 Å². The molecule has 0 aromatic heterocycles. The van der Waals surface area contributed by atoms with E-state index in [4.69, 9.17) is 15.2 Å². The monoisotopic (exact) mass is 258 g/mol. The molecule has 108 valence electrons. The van der Waals surface area contributed by atoms with Crippen molar-refractivity contribution in [3.63, 3.8) is 0 Å². The first kappa shape index (κ1) is 15.9. The van der Waals surface area contributed by atoms with Crippen molar-refractivity contribution in [2.24, 2.45) is 5.73 Å². The van der Waals surface area contributed by atoms with Crippen molar-refractivity contribution in [1.29, 1.82) is 0 Å². The molecule has 1 heterocycles. The number of hydrogen-bond donors (Lipinski definition) is 1. The van der Waals surface area contributed by atoms with Crippen molar-refractivity contribution in [2.75, 3.05) is 46.0 Å². The van der Waals surface area contributed by atoms with Gasteiger partial charge in [-0.1, -0.05) is 13.3 Å². The van der Waals surface area contributed by atoms with E-state index < -0.39 is 0 Å². The molecule has 2 N–H and O–H groups in total. The highest BCUT2D eigenvalue weighted by atomic mass is 16.5. The standard InChI is InChI=1S/C14H30N2O2/c1-3-5-11-17-12-10-16-8-6-14(13-15,7-9-16)18-4-2/h3-13,15H2,1-2H3. The minimum atomic E-state index is -0.0612. The second kappa shape index (κ2) is 8.86. The van der Waals surface area contributed by atoms with Crippen LogP contribution in [-0.4, -0.2) is 56.5 Å². The average Bonchev–Trinajstić information content (AvgIpc) is 2.41. The molecule has 1 saturated heterocycles. The quantitative estimate of drug-likeness (QED) is 0.639. The zero-order valence-corrected chi connectivity index (χ0v) is 12.1. The minimum Gasteiger partial charge on any atom is -0.380 e. The number of nitrogens with zero attached hydrogens (tertiary/aromatic N) is 1. The van der Waals surface area contributed by atoms with E-state index >= 15 is 0 Å². The topological polar surface area (TPSA) is 47.7 Å². The third-order valence-corrected chi connectivity index (χ3v) is 3.78. The number of likely N-dealkylation sites (tertiary alicyclic amines) is 1. The summed E-state index contributed by atoms with van der Waals surface area (Å²) in [6.07, 6.45) is 4.47. The Morgan fingerprint density at radius 3 is 2.44 bits per heavy atom. The van der Waals surface area contributed by atoms with Crippen molar-refractivity contribution in [2.45, 2.75) is 45.1 Å². The number of hydrogen-bond acceptors (Lipinski definition) is 4. The first-order valence-corrected chi connectivity index (χ1v) is 7.40. The molecule has 0 radical (unpaired) electrons. The normalized spacial score (nSPS) is 20.2. The summed E-state index contributed by atoms with van der Waals surface area (Å²) in [5.41, 5.74) is 5.80. The molecule has 0 atom stereocenters. The van der Waals surface area contributed by atoms with E-state index in [1.807, 2.05) is 6.92 Å². The molecule has 0 aromatic rings. The molecule has 18 heavy (non-hydrogen) atoms. The Morgan fingerprint density at radius 1 is 1.17 bits per heavy atom. The van der Waals surface area contributed by atoms with Gasteiger partial charge in [0.1, 0.15) is 0 Å². The van der Waals surface area contributed by atoms with Crippen LogP contribution in [0, 0.1) is 0 Å². The van der Waals surface area contributed by atoms with Crippen LogP contribution in [0.25, 0.3) is 0 Å². The summed E-state index contributed by atoms with van der Waals surface area (Å²) in [5, 5.41) is 0. The van der Waals surface area contributed by atoms with E-state index in [2.05, 4.69) is 11.8 Å². The number of piperidine rings is 1. The fraction of sp³-hybridized carbons (Fsp3) is 1.00. The van der Waals surface area contributed by atoms with Crippen LogP contribution in [0.3, 0.4) is 0 Å². The van der Waals surface area contributed by atoms with Gasteiger partial charge in [-0.05, 0) is 26.2 Å². The van der Waals surface area contributed by atoms with Gasteiger partial charge in [-0.2, -0.15) is 0 Å². The third-order valence-electron chi connectivity index (χ3n) is 3.78. The molecule has 0 aliphatic carbocycles. The van der Waals surface area contributed by atoms with Crippen molar-refractivity contribution in [3.05, 3.63) is 0 Å². The van der Waals surface area contributed by atoms with Crippen molar-refractivity contribution in [1.82, 2.24) is 4.90 Å². The van der Waals surface area contributed by atoms with Crippen LogP contribution in [0.15, 0.2) is 0 Å². The number of ether oxygens (including phenoxy) is 2. The van der Waals surface area contributed by atoms with Gasteiger partial charge in [0.25, 0.3) is 0 Å². The predicted octanol–water partition coefficient (Wildman–Crippen LogP) is 1.63. The van der Waals surface area contributed by atoms with Gasteiger partial charge in [0.2, 0.25) is 0 Å². The Bertz CT molecular complexity index is 204. The maximum atomic E-state index is 5.86. The molecule has 0 bridgehead atoms. The van der Waals surface area contributed by atoms with Gasteiger partial charge in [-0.15, -0.1) is 0 Å². The zero-order valence-electron chi connectivity index (χ0n) is 12.1. The minimum absolute atomic E-state index is 0.0612. The molecule has 0 spiro atoms. The van der Waals surface area contributed by atoms with Gasteiger partial charge in [-0.3, -0.25) is 0 Å².